The molecule has 19 heavy (non-hydrogen) atoms. The normalized spacial score (nSPS) is 10.3. The SMILES string of the molecule is CCNc1nnc(C(=O)Nc2cc(F)cc(Cl)c2)s1. The van der Waals surface area contributed by atoms with Crippen molar-refractivity contribution in [3.8, 4) is 0 Å². The third kappa shape index (κ3) is 3.62. The summed E-state index contributed by atoms with van der Waals surface area (Å²) in [5.74, 6) is -0.975. The van der Waals surface area contributed by atoms with Gasteiger partial charge in [-0.2, -0.15) is 0 Å². The van der Waals surface area contributed by atoms with E-state index < -0.39 is 11.7 Å². The first kappa shape index (κ1) is 13.7. The topological polar surface area (TPSA) is 66.9 Å². The highest BCUT2D eigenvalue weighted by Gasteiger charge is 2.13. The van der Waals surface area contributed by atoms with Crippen LogP contribution in [0.15, 0.2) is 18.2 Å². The van der Waals surface area contributed by atoms with Gasteiger partial charge in [0.2, 0.25) is 10.1 Å². The number of amides is 1. The third-order valence-corrected chi connectivity index (χ3v) is 3.17. The Morgan fingerprint density at radius 1 is 1.42 bits per heavy atom. The first-order valence-corrected chi connectivity index (χ1v) is 6.62. The minimum atomic E-state index is -0.520. The van der Waals surface area contributed by atoms with Crippen LogP contribution in [0.5, 0.6) is 0 Å². The van der Waals surface area contributed by atoms with E-state index >= 15 is 0 Å². The Hall–Kier alpha value is -1.73. The molecule has 5 nitrogen and oxygen atoms in total. The van der Waals surface area contributed by atoms with E-state index in [1.54, 1.807) is 0 Å². The van der Waals surface area contributed by atoms with Gasteiger partial charge >= 0.3 is 0 Å². The molecule has 1 aromatic heterocycles. The van der Waals surface area contributed by atoms with Crippen LogP contribution in [0.2, 0.25) is 5.02 Å². The molecule has 0 unspecified atom stereocenters. The van der Waals surface area contributed by atoms with E-state index in [4.69, 9.17) is 11.6 Å². The highest BCUT2D eigenvalue weighted by molar-refractivity contribution is 7.17. The van der Waals surface area contributed by atoms with E-state index in [0.717, 1.165) is 17.4 Å². The largest absolute Gasteiger partial charge is 0.360 e. The van der Waals surface area contributed by atoms with Gasteiger partial charge in [0.05, 0.1) is 0 Å². The van der Waals surface area contributed by atoms with Gasteiger partial charge in [-0.3, -0.25) is 4.79 Å². The quantitative estimate of drug-likeness (QED) is 0.911. The number of nitrogens with zero attached hydrogens (tertiary/aromatic N) is 2. The second-order valence-electron chi connectivity index (χ2n) is 3.55. The summed E-state index contributed by atoms with van der Waals surface area (Å²) >= 11 is 6.82. The molecule has 0 aliphatic carbocycles. The highest BCUT2D eigenvalue weighted by atomic mass is 35.5. The molecule has 1 aromatic carbocycles. The predicted molar refractivity (Wildman–Crippen MR) is 73.4 cm³/mol. The predicted octanol–water partition coefficient (Wildman–Crippen LogP) is 3.01. The molecule has 8 heteroatoms. The van der Waals surface area contributed by atoms with Crippen molar-refractivity contribution in [2.24, 2.45) is 0 Å². The summed E-state index contributed by atoms with van der Waals surface area (Å²) in [6, 6.07) is 3.79. The Labute approximate surface area is 117 Å². The van der Waals surface area contributed by atoms with Crippen molar-refractivity contribution in [2.75, 3.05) is 17.2 Å². The zero-order valence-electron chi connectivity index (χ0n) is 9.91. The number of aromatic nitrogens is 2. The molecule has 2 N–H and O–H groups in total. The molecular formula is C11H10ClFN4OS. The molecule has 0 radical (unpaired) electrons. The first-order chi connectivity index (χ1) is 9.08. The summed E-state index contributed by atoms with van der Waals surface area (Å²) in [4.78, 5) is 11.9. The van der Waals surface area contributed by atoms with E-state index in [-0.39, 0.29) is 15.7 Å². The Bertz CT molecular complexity index is 584. The van der Waals surface area contributed by atoms with Gasteiger partial charge < -0.3 is 10.6 Å². The lowest BCUT2D eigenvalue weighted by molar-refractivity contribution is 0.102. The number of nitrogens with one attached hydrogen (secondary N) is 2. The van der Waals surface area contributed by atoms with Crippen LogP contribution in [0.25, 0.3) is 0 Å². The summed E-state index contributed by atoms with van der Waals surface area (Å²) in [6.45, 7) is 2.60. The minimum Gasteiger partial charge on any atom is -0.360 e. The molecule has 0 saturated carbocycles. The lowest BCUT2D eigenvalue weighted by atomic mass is 10.3. The van der Waals surface area contributed by atoms with Gasteiger partial charge in [-0.15, -0.1) is 10.2 Å². The molecular weight excluding hydrogens is 291 g/mol. The van der Waals surface area contributed by atoms with E-state index in [9.17, 15) is 9.18 Å². The number of carbonyl (C=O) groups is 1. The maximum absolute atomic E-state index is 13.1. The zero-order valence-corrected chi connectivity index (χ0v) is 11.5. The Morgan fingerprint density at radius 3 is 2.89 bits per heavy atom. The highest BCUT2D eigenvalue weighted by Crippen LogP contribution is 2.20. The molecule has 0 saturated heterocycles. The molecule has 1 heterocycles. The Morgan fingerprint density at radius 2 is 2.21 bits per heavy atom. The maximum atomic E-state index is 13.1. The van der Waals surface area contributed by atoms with Crippen LogP contribution >= 0.6 is 22.9 Å². The minimum absolute atomic E-state index is 0.191. The van der Waals surface area contributed by atoms with Crippen molar-refractivity contribution in [3.63, 3.8) is 0 Å². The van der Waals surface area contributed by atoms with Crippen LogP contribution in [0.3, 0.4) is 0 Å². The van der Waals surface area contributed by atoms with Crippen LogP contribution in [-0.4, -0.2) is 22.6 Å². The van der Waals surface area contributed by atoms with Crippen molar-refractivity contribution in [3.05, 3.63) is 34.0 Å². The van der Waals surface area contributed by atoms with Crippen LogP contribution in [-0.2, 0) is 0 Å². The number of hydrogen-bond donors (Lipinski definition) is 2. The maximum Gasteiger partial charge on any atom is 0.286 e. The summed E-state index contributed by atoms with van der Waals surface area (Å²) < 4.78 is 13.1. The van der Waals surface area contributed by atoms with Crippen molar-refractivity contribution in [1.82, 2.24) is 10.2 Å². The van der Waals surface area contributed by atoms with Crippen molar-refractivity contribution < 1.29 is 9.18 Å². The van der Waals surface area contributed by atoms with Crippen molar-refractivity contribution in [1.29, 1.82) is 0 Å². The molecule has 0 aliphatic heterocycles. The second kappa shape index (κ2) is 5.94. The average Bonchev–Trinajstić information content (AvgIpc) is 2.76. The van der Waals surface area contributed by atoms with Gasteiger partial charge in [-0.1, -0.05) is 22.9 Å². The van der Waals surface area contributed by atoms with Crippen LogP contribution in [0, 0.1) is 5.82 Å². The molecule has 0 spiro atoms. The standard InChI is InChI=1S/C11H10ClFN4OS/c1-2-14-11-17-16-10(19-11)9(18)15-8-4-6(12)3-7(13)5-8/h3-5H,2H2,1H3,(H,14,17)(H,15,18). The van der Waals surface area contributed by atoms with Gasteiger partial charge in [0, 0.05) is 17.3 Å². The van der Waals surface area contributed by atoms with E-state index in [0.29, 0.717) is 11.7 Å². The van der Waals surface area contributed by atoms with Gasteiger partial charge in [0.25, 0.3) is 5.91 Å². The number of halogens is 2. The van der Waals surface area contributed by atoms with Gasteiger partial charge in [-0.05, 0) is 25.1 Å². The van der Waals surface area contributed by atoms with Gasteiger partial charge in [0.1, 0.15) is 5.82 Å². The molecule has 0 bridgehead atoms. The van der Waals surface area contributed by atoms with Gasteiger partial charge in [0.15, 0.2) is 0 Å². The summed E-state index contributed by atoms with van der Waals surface area (Å²) in [5, 5.41) is 14.0. The van der Waals surface area contributed by atoms with Crippen molar-refractivity contribution in [2.45, 2.75) is 6.92 Å². The van der Waals surface area contributed by atoms with E-state index in [1.807, 2.05) is 6.92 Å². The fourth-order valence-corrected chi connectivity index (χ4v) is 2.28. The first-order valence-electron chi connectivity index (χ1n) is 5.43. The molecule has 0 fully saturated rings. The molecule has 2 rings (SSSR count). The van der Waals surface area contributed by atoms with Crippen LogP contribution in [0.4, 0.5) is 15.2 Å². The second-order valence-corrected chi connectivity index (χ2v) is 4.97. The number of carbonyl (C=O) groups excluding carboxylic acids is 1. The number of benzene rings is 1. The van der Waals surface area contributed by atoms with E-state index in [1.165, 1.54) is 12.1 Å². The lowest BCUT2D eigenvalue weighted by Gasteiger charge is -2.03. The number of rotatable bonds is 4. The third-order valence-electron chi connectivity index (χ3n) is 2.07. The van der Waals surface area contributed by atoms with Gasteiger partial charge in [-0.25, -0.2) is 4.39 Å². The van der Waals surface area contributed by atoms with Crippen molar-refractivity contribution >= 4 is 39.7 Å². The summed E-state index contributed by atoms with van der Waals surface area (Å²) in [7, 11) is 0. The Balaban J connectivity index is 2.11. The average molecular weight is 301 g/mol. The fourth-order valence-electron chi connectivity index (χ4n) is 1.35. The fraction of sp³-hybridized carbons (Fsp3) is 0.182. The summed E-state index contributed by atoms with van der Waals surface area (Å²) in [5.41, 5.74) is 0.273. The zero-order chi connectivity index (χ0) is 13.8. The molecule has 100 valence electrons. The molecule has 1 amide bonds. The molecule has 0 aliphatic rings. The van der Waals surface area contributed by atoms with Crippen LogP contribution in [0.1, 0.15) is 16.7 Å². The summed E-state index contributed by atoms with van der Waals surface area (Å²) in [6.07, 6.45) is 0. The smallest absolute Gasteiger partial charge is 0.286 e. The number of anilines is 2. The molecule has 2 aromatic rings. The Kier molecular flexibility index (Phi) is 4.28. The number of hydrogen-bond acceptors (Lipinski definition) is 5. The monoisotopic (exact) mass is 300 g/mol. The van der Waals surface area contributed by atoms with E-state index in [2.05, 4.69) is 20.8 Å². The molecule has 0 atom stereocenters. The van der Waals surface area contributed by atoms with Crippen LogP contribution < -0.4 is 10.6 Å². The lowest BCUT2D eigenvalue weighted by Crippen LogP contribution is -2.11.